The number of hydrogen-bond acceptors (Lipinski definition) is 9. The average molecular weight is 558 g/mol. The minimum atomic E-state index is 0. The fraction of sp³-hybridized carbons (Fsp3) is 0. The van der Waals surface area contributed by atoms with E-state index in [4.69, 9.17) is 50.6 Å². The number of nitrogens with two attached hydrogens (primary N) is 9. The van der Waals surface area contributed by atoms with Crippen LogP contribution in [0.3, 0.4) is 0 Å². The zero-order valence-electron chi connectivity index (χ0n) is 12.4. The van der Waals surface area contributed by atoms with Crippen LogP contribution >= 0.6 is 0 Å². The molecule has 1 aliphatic heterocycles. The summed E-state index contributed by atoms with van der Waals surface area (Å²) >= 11 is 0. The maximum absolute atomic E-state index is 5.99. The van der Waals surface area contributed by atoms with Crippen LogP contribution in [0.15, 0.2) is 0 Å². The maximum Gasteiger partial charge on any atom is 0.216 e. The molecule has 10 nitrogen and oxygen atoms in total. The molecule has 1 heterocycles. The van der Waals surface area contributed by atoms with E-state index in [2.05, 4.69) is 0 Å². The molecule has 12 heteroatoms. The second-order valence-electron chi connectivity index (χ2n) is 5.04. The number of benzene rings is 2. The number of nitrogen functional groups attached to an aromatic ring is 8. The van der Waals surface area contributed by atoms with E-state index in [1.165, 1.54) is 0 Å². The molecular weight excluding hydrogens is 540 g/mol. The summed E-state index contributed by atoms with van der Waals surface area (Å²) in [5.41, 5.74) is 49.6. The molecular formula is C12H18I2N9O-. The first-order chi connectivity index (χ1) is 10.3. The zero-order valence-corrected chi connectivity index (χ0v) is 16.7. The molecule has 0 radical (unpaired) electrons. The molecule has 0 atom stereocenters. The van der Waals surface area contributed by atoms with Crippen LogP contribution in [0.1, 0.15) is 0 Å². The van der Waals surface area contributed by atoms with Gasteiger partial charge in [-0.25, -0.2) is 0 Å². The highest BCUT2D eigenvalue weighted by atomic mass is 127. The largest absolute Gasteiger partial charge is 1.00 e. The first-order valence-electron chi connectivity index (χ1n) is 6.29. The molecule has 2 aromatic carbocycles. The number of hydrogen-bond donors (Lipinski definition) is 9. The van der Waals surface area contributed by atoms with Crippen molar-refractivity contribution in [3.63, 3.8) is 0 Å². The first-order valence-corrected chi connectivity index (χ1v) is 6.29. The van der Waals surface area contributed by atoms with Crippen molar-refractivity contribution in [1.29, 1.82) is 0 Å². The molecule has 24 heavy (non-hydrogen) atoms. The highest BCUT2D eigenvalue weighted by molar-refractivity contribution is 6.01. The van der Waals surface area contributed by atoms with Crippen molar-refractivity contribution >= 4 is 56.9 Å². The zero-order chi connectivity index (χ0) is 16.3. The Morgan fingerprint density at radius 3 is 1.08 bits per heavy atom. The smallest absolute Gasteiger partial charge is 0.216 e. The van der Waals surface area contributed by atoms with Crippen molar-refractivity contribution in [2.24, 2.45) is 0 Å². The number of fused-ring (bicyclic) bond motifs is 2. The monoisotopic (exact) mass is 558 g/mol. The minimum Gasteiger partial charge on any atom is -1.00 e. The Morgan fingerprint density at radius 2 is 0.750 bits per heavy atom. The van der Waals surface area contributed by atoms with Crippen molar-refractivity contribution in [2.75, 3.05) is 45.9 Å². The fourth-order valence-electron chi connectivity index (χ4n) is 2.40. The van der Waals surface area contributed by atoms with E-state index in [1.54, 1.807) is 5.32 Å². The predicted octanol–water partition coefficient (Wildman–Crippen LogP) is -7.02. The van der Waals surface area contributed by atoms with Gasteiger partial charge in [-0.05, 0) is 0 Å². The van der Waals surface area contributed by atoms with Gasteiger partial charge in [-0.2, -0.15) is 0 Å². The molecule has 0 unspecified atom stereocenters. The van der Waals surface area contributed by atoms with Gasteiger partial charge in [0.2, 0.25) is 22.9 Å². The lowest BCUT2D eigenvalue weighted by atomic mass is 10.1. The molecule has 3 rings (SSSR count). The molecule has 0 bridgehead atoms. The van der Waals surface area contributed by atoms with Gasteiger partial charge in [0.1, 0.15) is 22.7 Å². The van der Waals surface area contributed by atoms with E-state index in [1.807, 2.05) is 0 Å². The van der Waals surface area contributed by atoms with E-state index in [0.29, 0.717) is 11.4 Å². The number of ether oxygens (including phenoxy) is 1. The third-order valence-electron chi connectivity index (χ3n) is 3.79. The Morgan fingerprint density at radius 1 is 0.458 bits per heavy atom. The maximum atomic E-state index is 5.99. The van der Waals surface area contributed by atoms with Crippen molar-refractivity contribution in [3.8, 4) is 11.5 Å². The summed E-state index contributed by atoms with van der Waals surface area (Å²) in [5.74, 6) is 0.513. The van der Waals surface area contributed by atoms with Crippen LogP contribution in [-0.4, -0.2) is 0 Å². The number of rotatable bonds is 0. The van der Waals surface area contributed by atoms with Gasteiger partial charge in [0.15, 0.2) is 0 Å². The molecule has 0 aliphatic carbocycles. The molecule has 0 saturated heterocycles. The number of anilines is 8. The average Bonchev–Trinajstić information content (AvgIpc) is 2.52. The predicted molar refractivity (Wildman–Crippen MR) is 89.5 cm³/mol. The van der Waals surface area contributed by atoms with Crippen LogP contribution in [0.5, 0.6) is 11.5 Å². The fourth-order valence-corrected chi connectivity index (χ4v) is 2.40. The summed E-state index contributed by atoms with van der Waals surface area (Å²) in [6.45, 7) is 0. The highest BCUT2D eigenvalue weighted by Gasteiger charge is 2.34. The van der Waals surface area contributed by atoms with Crippen LogP contribution in [-0.2, 0) is 0 Å². The molecule has 0 fully saturated rings. The van der Waals surface area contributed by atoms with Gasteiger partial charge in [-0.1, -0.05) is 0 Å². The lowest BCUT2D eigenvalue weighted by molar-refractivity contribution is -0.481. The lowest BCUT2D eigenvalue weighted by Gasteiger charge is -2.25. The summed E-state index contributed by atoms with van der Waals surface area (Å²) in [4.78, 5) is 0. The van der Waals surface area contributed by atoms with Crippen LogP contribution in [0.2, 0.25) is 0 Å². The van der Waals surface area contributed by atoms with E-state index in [9.17, 15) is 0 Å². The Kier molecular flexibility index (Phi) is 5.46. The Hall–Kier alpha value is -1.94. The molecule has 132 valence electrons. The van der Waals surface area contributed by atoms with Crippen LogP contribution in [0, 0.1) is 0 Å². The van der Waals surface area contributed by atoms with Gasteiger partial charge in [0, 0.05) is 0 Å². The van der Waals surface area contributed by atoms with Crippen LogP contribution in [0.4, 0.5) is 56.9 Å². The molecule has 0 saturated carbocycles. The van der Waals surface area contributed by atoms with Gasteiger partial charge in [0.05, 0.1) is 22.7 Å². The van der Waals surface area contributed by atoms with E-state index in [-0.39, 0.29) is 105 Å². The first kappa shape index (κ1) is 20.1. The third-order valence-corrected chi connectivity index (χ3v) is 3.79. The summed E-state index contributed by atoms with van der Waals surface area (Å²) < 4.78 is 5.76. The van der Waals surface area contributed by atoms with Crippen molar-refractivity contribution in [3.05, 3.63) is 0 Å². The van der Waals surface area contributed by atoms with Gasteiger partial charge in [-0.15, -0.1) is 0 Å². The SMILES string of the molecule is Nc1c(N)c(N)c2c(c1N)[NH2+]c1c(N)c(N)c(N)c(N)c1O2.[I-].[I-]. The Balaban J connectivity index is 0.00000144. The molecule has 0 spiro atoms. The van der Waals surface area contributed by atoms with Gasteiger partial charge < -0.3 is 98.6 Å². The van der Waals surface area contributed by atoms with Crippen molar-refractivity contribution < 1.29 is 58.0 Å². The Labute approximate surface area is 171 Å². The topological polar surface area (TPSA) is 234 Å². The third kappa shape index (κ3) is 2.49. The second-order valence-corrected chi connectivity index (χ2v) is 5.04. The molecule has 2 aromatic rings. The minimum absolute atomic E-state index is 0. The lowest BCUT2D eigenvalue weighted by Crippen LogP contribution is -3.00. The van der Waals surface area contributed by atoms with E-state index >= 15 is 0 Å². The standard InChI is InChI=1S/C12H17N9O.2HI/c13-1-3(15)7(19)11-9(5(1)17)21-10-6(18)2(14)4(16)8(20)12(10)22-11;;/h21H,13-20H2;2*1H/p-1. The van der Waals surface area contributed by atoms with Crippen molar-refractivity contribution in [1.82, 2.24) is 0 Å². The van der Waals surface area contributed by atoms with E-state index in [0.717, 1.165) is 0 Å². The molecule has 0 aromatic heterocycles. The normalized spacial score (nSPS) is 11.3. The number of halogens is 2. The van der Waals surface area contributed by atoms with Crippen LogP contribution < -0.4 is 104 Å². The second kappa shape index (κ2) is 6.52. The molecule has 0 amide bonds. The number of quaternary nitrogens is 1. The summed E-state index contributed by atoms with van der Waals surface area (Å²) in [6, 6.07) is 0. The highest BCUT2D eigenvalue weighted by Crippen LogP contribution is 2.53. The van der Waals surface area contributed by atoms with Gasteiger partial charge >= 0.3 is 0 Å². The molecule has 1 aliphatic rings. The van der Waals surface area contributed by atoms with Crippen LogP contribution in [0.25, 0.3) is 0 Å². The molecule has 18 N–H and O–H groups in total. The summed E-state index contributed by atoms with van der Waals surface area (Å²) in [6.07, 6.45) is 0. The summed E-state index contributed by atoms with van der Waals surface area (Å²) in [5, 5.41) is 1.65. The van der Waals surface area contributed by atoms with Crippen molar-refractivity contribution in [2.45, 2.75) is 0 Å². The van der Waals surface area contributed by atoms with Gasteiger partial charge in [0.25, 0.3) is 0 Å². The quantitative estimate of drug-likeness (QED) is 0.0941. The van der Waals surface area contributed by atoms with E-state index < -0.39 is 0 Å². The van der Waals surface area contributed by atoms with Gasteiger partial charge in [-0.3, -0.25) is 5.32 Å². The summed E-state index contributed by atoms with van der Waals surface area (Å²) in [7, 11) is 0. The Bertz CT molecular complexity index is 705.